The number of hydrogen-bond acceptors (Lipinski definition) is 3. The summed E-state index contributed by atoms with van der Waals surface area (Å²) in [7, 11) is 0. The minimum Gasteiger partial charge on any atom is -0.486 e. The third-order valence-corrected chi connectivity index (χ3v) is 4.11. The summed E-state index contributed by atoms with van der Waals surface area (Å²) < 4.78 is 25.6. The first-order valence-corrected chi connectivity index (χ1v) is 6.83. The van der Waals surface area contributed by atoms with Crippen LogP contribution in [0.2, 0.25) is 0 Å². The third-order valence-electron chi connectivity index (χ3n) is 4.11. The zero-order chi connectivity index (χ0) is 13.7. The molecule has 2 aliphatic rings. The molecule has 3 rings (SSSR count). The molecule has 0 bridgehead atoms. The van der Waals surface area contributed by atoms with Crippen molar-refractivity contribution < 1.29 is 13.9 Å². The van der Waals surface area contributed by atoms with Gasteiger partial charge in [0.2, 0.25) is 0 Å². The van der Waals surface area contributed by atoms with Crippen molar-refractivity contribution in [1.29, 1.82) is 0 Å². The minimum atomic E-state index is -1.41. The fraction of sp³-hybridized carbons (Fsp3) is 0.600. The van der Waals surface area contributed by atoms with Gasteiger partial charge in [0.25, 0.3) is 0 Å². The van der Waals surface area contributed by atoms with Crippen LogP contribution >= 0.6 is 0 Å². The summed E-state index contributed by atoms with van der Waals surface area (Å²) in [5.41, 5.74) is 6.11. The Balaban J connectivity index is 2.15. The molecule has 3 nitrogen and oxygen atoms in total. The zero-order valence-electron chi connectivity index (χ0n) is 11.5. The van der Waals surface area contributed by atoms with Crippen LogP contribution in [0.1, 0.15) is 44.2 Å². The van der Waals surface area contributed by atoms with Gasteiger partial charge in [-0.2, -0.15) is 0 Å². The Morgan fingerprint density at radius 3 is 2.47 bits per heavy atom. The molecule has 0 radical (unpaired) electrons. The Labute approximate surface area is 112 Å². The molecule has 1 fully saturated rings. The number of halogens is 1. The van der Waals surface area contributed by atoms with Gasteiger partial charge in [0.1, 0.15) is 18.9 Å². The quantitative estimate of drug-likeness (QED) is 0.894. The zero-order valence-corrected chi connectivity index (χ0v) is 11.5. The van der Waals surface area contributed by atoms with E-state index in [0.29, 0.717) is 30.3 Å². The topological polar surface area (TPSA) is 44.5 Å². The second-order valence-corrected chi connectivity index (χ2v) is 6.03. The Kier molecular flexibility index (Phi) is 2.75. The first kappa shape index (κ1) is 12.7. The van der Waals surface area contributed by atoms with Crippen LogP contribution in [0, 0.1) is 0 Å². The molecule has 104 valence electrons. The first-order valence-electron chi connectivity index (χ1n) is 6.83. The lowest BCUT2D eigenvalue weighted by atomic mass is 9.71. The van der Waals surface area contributed by atoms with Gasteiger partial charge in [-0.05, 0) is 50.8 Å². The third kappa shape index (κ3) is 2.08. The van der Waals surface area contributed by atoms with Gasteiger partial charge in [0.15, 0.2) is 11.5 Å². The van der Waals surface area contributed by atoms with Crippen molar-refractivity contribution in [3.8, 4) is 11.5 Å². The van der Waals surface area contributed by atoms with Gasteiger partial charge in [0, 0.05) is 11.1 Å². The van der Waals surface area contributed by atoms with Gasteiger partial charge < -0.3 is 15.2 Å². The number of benzene rings is 1. The summed E-state index contributed by atoms with van der Waals surface area (Å²) in [5, 5.41) is 0. The Hall–Kier alpha value is -1.29. The van der Waals surface area contributed by atoms with E-state index >= 15 is 0 Å². The van der Waals surface area contributed by atoms with Crippen LogP contribution < -0.4 is 15.2 Å². The van der Waals surface area contributed by atoms with E-state index in [2.05, 4.69) is 0 Å². The highest BCUT2D eigenvalue weighted by Crippen LogP contribution is 2.48. The summed E-state index contributed by atoms with van der Waals surface area (Å²) in [6.45, 7) is 4.12. The summed E-state index contributed by atoms with van der Waals surface area (Å²) in [6, 6.07) is 3.59. The largest absolute Gasteiger partial charge is 0.486 e. The molecule has 1 aliphatic heterocycles. The molecule has 0 saturated heterocycles. The normalized spacial score (nSPS) is 20.8. The van der Waals surface area contributed by atoms with Gasteiger partial charge in [-0.1, -0.05) is 0 Å². The van der Waals surface area contributed by atoms with Gasteiger partial charge in [-0.15, -0.1) is 0 Å². The SMILES string of the molecule is CC(C)(F)c1cc2c(c(C3(N)CCC3)c1)OCCO2. The Morgan fingerprint density at radius 1 is 1.21 bits per heavy atom. The van der Waals surface area contributed by atoms with E-state index in [0.717, 1.165) is 24.8 Å². The fourth-order valence-corrected chi connectivity index (χ4v) is 2.69. The lowest BCUT2D eigenvalue weighted by molar-refractivity contribution is 0.157. The van der Waals surface area contributed by atoms with Gasteiger partial charge in [-0.3, -0.25) is 0 Å². The Bertz CT molecular complexity index is 504. The predicted molar refractivity (Wildman–Crippen MR) is 71.3 cm³/mol. The number of hydrogen-bond donors (Lipinski definition) is 1. The molecule has 2 N–H and O–H groups in total. The van der Waals surface area contributed by atoms with Crippen LogP contribution in [0.25, 0.3) is 0 Å². The molecule has 0 unspecified atom stereocenters. The summed E-state index contributed by atoms with van der Waals surface area (Å²) in [4.78, 5) is 0. The van der Waals surface area contributed by atoms with E-state index in [1.54, 1.807) is 19.9 Å². The average Bonchev–Trinajstić information content (AvgIpc) is 2.33. The maximum Gasteiger partial charge on any atom is 0.166 e. The molecule has 1 heterocycles. The lowest BCUT2D eigenvalue weighted by Crippen LogP contribution is -2.44. The Morgan fingerprint density at radius 2 is 1.89 bits per heavy atom. The second kappa shape index (κ2) is 4.10. The van der Waals surface area contributed by atoms with Gasteiger partial charge >= 0.3 is 0 Å². The number of fused-ring (bicyclic) bond motifs is 1. The highest BCUT2D eigenvalue weighted by molar-refractivity contribution is 5.54. The summed E-state index contributed by atoms with van der Waals surface area (Å²) in [6.07, 6.45) is 2.94. The molecule has 4 heteroatoms. The van der Waals surface area contributed by atoms with E-state index in [9.17, 15) is 4.39 Å². The minimum absolute atomic E-state index is 0.383. The maximum absolute atomic E-state index is 14.2. The predicted octanol–water partition coefficient (Wildman–Crippen LogP) is 3.00. The molecule has 1 aromatic carbocycles. The van der Waals surface area contributed by atoms with Crippen molar-refractivity contribution in [3.05, 3.63) is 23.3 Å². The van der Waals surface area contributed by atoms with Gasteiger partial charge in [-0.25, -0.2) is 4.39 Å². The molecular weight excluding hydrogens is 245 g/mol. The molecule has 0 aromatic heterocycles. The molecule has 1 aromatic rings. The first-order chi connectivity index (χ1) is 8.90. The lowest BCUT2D eigenvalue weighted by Gasteiger charge is -2.41. The van der Waals surface area contributed by atoms with Crippen LogP contribution in [-0.2, 0) is 11.2 Å². The maximum atomic E-state index is 14.2. The van der Waals surface area contributed by atoms with Crippen molar-refractivity contribution in [2.75, 3.05) is 13.2 Å². The van der Waals surface area contributed by atoms with E-state index in [4.69, 9.17) is 15.2 Å². The van der Waals surface area contributed by atoms with Gasteiger partial charge in [0.05, 0.1) is 0 Å². The van der Waals surface area contributed by atoms with E-state index < -0.39 is 5.67 Å². The molecule has 1 saturated carbocycles. The van der Waals surface area contributed by atoms with Crippen LogP contribution in [0.3, 0.4) is 0 Å². The van der Waals surface area contributed by atoms with Crippen molar-refractivity contribution in [2.24, 2.45) is 5.73 Å². The van der Waals surface area contributed by atoms with Crippen LogP contribution in [0.4, 0.5) is 4.39 Å². The van der Waals surface area contributed by atoms with Crippen molar-refractivity contribution >= 4 is 0 Å². The number of ether oxygens (including phenoxy) is 2. The molecule has 0 atom stereocenters. The summed E-state index contributed by atoms with van der Waals surface area (Å²) in [5.74, 6) is 1.34. The molecule has 0 amide bonds. The van der Waals surface area contributed by atoms with E-state index in [1.165, 1.54) is 0 Å². The monoisotopic (exact) mass is 265 g/mol. The van der Waals surface area contributed by atoms with Crippen molar-refractivity contribution in [1.82, 2.24) is 0 Å². The number of nitrogens with two attached hydrogens (primary N) is 1. The smallest absolute Gasteiger partial charge is 0.166 e. The molecule has 19 heavy (non-hydrogen) atoms. The highest BCUT2D eigenvalue weighted by Gasteiger charge is 2.39. The highest BCUT2D eigenvalue weighted by atomic mass is 19.1. The van der Waals surface area contributed by atoms with Crippen LogP contribution in [0.5, 0.6) is 11.5 Å². The van der Waals surface area contributed by atoms with Crippen LogP contribution in [-0.4, -0.2) is 13.2 Å². The molecular formula is C15H20FNO2. The van der Waals surface area contributed by atoms with E-state index in [-0.39, 0.29) is 5.54 Å². The number of alkyl halides is 1. The second-order valence-electron chi connectivity index (χ2n) is 6.03. The van der Waals surface area contributed by atoms with Crippen LogP contribution in [0.15, 0.2) is 12.1 Å². The average molecular weight is 265 g/mol. The molecule has 0 spiro atoms. The standard InChI is InChI=1S/C15H20FNO2/c1-14(2,16)10-8-11(15(17)4-3-5-15)13-12(9-10)18-6-7-19-13/h8-9H,3-7,17H2,1-2H3. The fourth-order valence-electron chi connectivity index (χ4n) is 2.69. The summed E-state index contributed by atoms with van der Waals surface area (Å²) >= 11 is 0. The molecule has 1 aliphatic carbocycles. The van der Waals surface area contributed by atoms with Crippen molar-refractivity contribution in [2.45, 2.75) is 44.3 Å². The van der Waals surface area contributed by atoms with Crippen molar-refractivity contribution in [3.63, 3.8) is 0 Å². The number of rotatable bonds is 2. The van der Waals surface area contributed by atoms with E-state index in [1.807, 2.05) is 6.07 Å².